The number of aromatic nitrogens is 6. The molecule has 0 spiro atoms. The van der Waals surface area contributed by atoms with Gasteiger partial charge in [0.1, 0.15) is 25.3 Å². The largest absolute Gasteiger partial charge is 0.423 e. The third-order valence-electron chi connectivity index (χ3n) is 3.80. The average molecular weight is 436 g/mol. The minimum atomic E-state index is -5.83. The molecule has 2 heterocycles. The number of ether oxygens (including phenoxy) is 1. The summed E-state index contributed by atoms with van der Waals surface area (Å²) in [5.41, 5.74) is 0. The number of rotatable bonds is 12. The van der Waals surface area contributed by atoms with Gasteiger partial charge in [0, 0.05) is 25.9 Å². The summed E-state index contributed by atoms with van der Waals surface area (Å²) in [6.45, 7) is -0.527. The summed E-state index contributed by atoms with van der Waals surface area (Å²) in [5.74, 6) is -10.2. The van der Waals surface area contributed by atoms with Gasteiger partial charge in [-0.2, -0.15) is 45.3 Å². The van der Waals surface area contributed by atoms with Crippen LogP contribution in [0.1, 0.15) is 25.7 Å². The van der Waals surface area contributed by atoms with E-state index in [4.69, 9.17) is 0 Å². The Labute approximate surface area is 158 Å². The molecule has 0 radical (unpaired) electrons. The molecule has 0 N–H and O–H groups in total. The van der Waals surface area contributed by atoms with E-state index >= 15 is 0 Å². The van der Waals surface area contributed by atoms with E-state index in [0.717, 1.165) is 34.7 Å². The molecule has 0 bridgehead atoms. The fourth-order valence-corrected chi connectivity index (χ4v) is 2.22. The molecule has 2 aromatic heterocycles. The fourth-order valence-electron chi connectivity index (χ4n) is 2.22. The third kappa shape index (κ3) is 5.83. The SMILES string of the molecule is FC(F)(CCCn1cncn1)C(F)(F)OC(F)(F)C(F)(F)CCCn1cncn1. The highest BCUT2D eigenvalue weighted by atomic mass is 19.3. The van der Waals surface area contributed by atoms with Crippen LogP contribution in [0.4, 0.5) is 35.1 Å². The van der Waals surface area contributed by atoms with Crippen molar-refractivity contribution in [2.75, 3.05) is 0 Å². The molecular formula is C14H16F8N6O. The zero-order chi connectivity index (χ0) is 21.8. The van der Waals surface area contributed by atoms with Gasteiger partial charge in [0.2, 0.25) is 0 Å². The van der Waals surface area contributed by atoms with Gasteiger partial charge >= 0.3 is 24.1 Å². The molecule has 0 aromatic carbocycles. The molecule has 0 aliphatic carbocycles. The third-order valence-corrected chi connectivity index (χ3v) is 3.80. The van der Waals surface area contributed by atoms with Crippen LogP contribution in [0.15, 0.2) is 25.3 Å². The van der Waals surface area contributed by atoms with Gasteiger partial charge in [-0.3, -0.25) is 9.36 Å². The zero-order valence-electron chi connectivity index (χ0n) is 14.7. The first-order chi connectivity index (χ1) is 13.4. The molecule has 164 valence electrons. The van der Waals surface area contributed by atoms with Crippen molar-refractivity contribution in [1.82, 2.24) is 29.5 Å². The quantitative estimate of drug-likeness (QED) is 0.476. The molecule has 0 unspecified atom stereocenters. The van der Waals surface area contributed by atoms with Crippen LogP contribution in [0, 0.1) is 0 Å². The van der Waals surface area contributed by atoms with E-state index in [1.54, 1.807) is 0 Å². The van der Waals surface area contributed by atoms with Gasteiger partial charge in [-0.15, -0.1) is 0 Å². The van der Waals surface area contributed by atoms with Gasteiger partial charge in [0.25, 0.3) is 0 Å². The first-order valence-corrected chi connectivity index (χ1v) is 8.23. The van der Waals surface area contributed by atoms with Gasteiger partial charge in [0.15, 0.2) is 0 Å². The summed E-state index contributed by atoms with van der Waals surface area (Å²) < 4.78 is 114. The molecule has 7 nitrogen and oxygen atoms in total. The minimum Gasteiger partial charge on any atom is -0.253 e. The first kappa shape index (κ1) is 23.0. The molecule has 2 rings (SSSR count). The van der Waals surface area contributed by atoms with Crippen LogP contribution in [0.3, 0.4) is 0 Å². The van der Waals surface area contributed by atoms with Crippen molar-refractivity contribution in [1.29, 1.82) is 0 Å². The van der Waals surface area contributed by atoms with Gasteiger partial charge in [-0.1, -0.05) is 0 Å². The normalized spacial score (nSPS) is 13.8. The van der Waals surface area contributed by atoms with Crippen molar-refractivity contribution in [3.8, 4) is 0 Å². The molecule has 29 heavy (non-hydrogen) atoms. The smallest absolute Gasteiger partial charge is 0.253 e. The molecule has 0 fully saturated rings. The highest BCUT2D eigenvalue weighted by Gasteiger charge is 2.68. The second-order valence-corrected chi connectivity index (χ2v) is 6.07. The number of halogens is 8. The summed E-state index contributed by atoms with van der Waals surface area (Å²) >= 11 is 0. The van der Waals surface area contributed by atoms with E-state index in [1.807, 2.05) is 0 Å². The summed E-state index contributed by atoms with van der Waals surface area (Å²) in [6.07, 6.45) is -11.7. The van der Waals surface area contributed by atoms with Crippen LogP contribution in [0.2, 0.25) is 0 Å². The first-order valence-electron chi connectivity index (χ1n) is 8.23. The number of aryl methyl sites for hydroxylation is 2. The lowest BCUT2D eigenvalue weighted by molar-refractivity contribution is -0.468. The Morgan fingerprint density at radius 3 is 1.34 bits per heavy atom. The Balaban J connectivity index is 1.93. The molecule has 0 aliphatic heterocycles. The molecule has 0 amide bonds. The maximum atomic E-state index is 13.7. The maximum Gasteiger partial charge on any atom is 0.423 e. The van der Waals surface area contributed by atoms with Crippen molar-refractivity contribution in [3.05, 3.63) is 25.3 Å². The molecule has 0 saturated carbocycles. The molecule has 0 atom stereocenters. The van der Waals surface area contributed by atoms with Crippen LogP contribution in [-0.4, -0.2) is 53.6 Å². The Kier molecular flexibility index (Phi) is 6.80. The Morgan fingerprint density at radius 1 is 0.655 bits per heavy atom. The number of hydrogen-bond acceptors (Lipinski definition) is 5. The lowest BCUT2D eigenvalue weighted by atomic mass is 10.1. The molecule has 2 aromatic rings. The lowest BCUT2D eigenvalue weighted by Crippen LogP contribution is -2.53. The van der Waals surface area contributed by atoms with Crippen molar-refractivity contribution >= 4 is 0 Å². The van der Waals surface area contributed by atoms with E-state index in [0.29, 0.717) is 0 Å². The Morgan fingerprint density at radius 2 is 1.03 bits per heavy atom. The fraction of sp³-hybridized carbons (Fsp3) is 0.714. The van der Waals surface area contributed by atoms with Crippen molar-refractivity contribution in [3.63, 3.8) is 0 Å². The molecule has 15 heteroatoms. The van der Waals surface area contributed by atoms with E-state index in [2.05, 4.69) is 24.9 Å². The van der Waals surface area contributed by atoms with Crippen LogP contribution >= 0.6 is 0 Å². The second-order valence-electron chi connectivity index (χ2n) is 6.07. The lowest BCUT2D eigenvalue weighted by Gasteiger charge is -2.33. The summed E-state index contributed by atoms with van der Waals surface area (Å²) in [6, 6.07) is 0. The standard InChI is InChI=1S/C14H16F8N6O/c15-11(16,3-1-5-27-9-23-7-25-27)13(19,20)29-14(21,22)12(17,18)4-2-6-28-10-24-8-26-28/h7-10H,1-6H2. The van der Waals surface area contributed by atoms with E-state index in [-0.39, 0.29) is 13.1 Å². The monoisotopic (exact) mass is 436 g/mol. The highest BCUT2D eigenvalue weighted by Crippen LogP contribution is 2.47. The average Bonchev–Trinajstić information content (AvgIpc) is 3.27. The second kappa shape index (κ2) is 8.59. The van der Waals surface area contributed by atoms with Crippen LogP contribution < -0.4 is 0 Å². The van der Waals surface area contributed by atoms with Gasteiger partial charge in [0.05, 0.1) is 0 Å². The summed E-state index contributed by atoms with van der Waals surface area (Å²) in [7, 11) is 0. The van der Waals surface area contributed by atoms with Gasteiger partial charge in [-0.05, 0) is 12.8 Å². The molecule has 0 saturated heterocycles. The molecular weight excluding hydrogens is 420 g/mol. The van der Waals surface area contributed by atoms with E-state index in [9.17, 15) is 35.1 Å². The number of hydrogen-bond donors (Lipinski definition) is 0. The van der Waals surface area contributed by atoms with E-state index in [1.165, 1.54) is 0 Å². The number of alkyl halides is 8. The van der Waals surface area contributed by atoms with Crippen molar-refractivity contribution in [2.24, 2.45) is 0 Å². The maximum absolute atomic E-state index is 13.7. The Bertz CT molecular complexity index is 675. The van der Waals surface area contributed by atoms with Crippen LogP contribution in [-0.2, 0) is 17.8 Å². The number of nitrogens with zero attached hydrogens (tertiary/aromatic N) is 6. The van der Waals surface area contributed by atoms with Crippen molar-refractivity contribution < 1.29 is 39.9 Å². The van der Waals surface area contributed by atoms with Crippen LogP contribution in [0.25, 0.3) is 0 Å². The predicted octanol–water partition coefficient (Wildman–Crippen LogP) is 3.60. The molecule has 0 aliphatic rings. The van der Waals surface area contributed by atoms with Gasteiger partial charge < -0.3 is 0 Å². The van der Waals surface area contributed by atoms with Crippen molar-refractivity contribution in [2.45, 2.75) is 62.8 Å². The van der Waals surface area contributed by atoms with Crippen LogP contribution in [0.5, 0.6) is 0 Å². The predicted molar refractivity (Wildman–Crippen MR) is 79.4 cm³/mol. The van der Waals surface area contributed by atoms with E-state index < -0.39 is 49.7 Å². The summed E-state index contributed by atoms with van der Waals surface area (Å²) in [5, 5.41) is 7.10. The highest BCUT2D eigenvalue weighted by molar-refractivity contribution is 4.84. The minimum absolute atomic E-state index is 0.263. The Hall–Kier alpha value is -2.32. The zero-order valence-corrected chi connectivity index (χ0v) is 14.7. The van der Waals surface area contributed by atoms with Gasteiger partial charge in [-0.25, -0.2) is 14.7 Å². The summed E-state index contributed by atoms with van der Waals surface area (Å²) in [4.78, 5) is 7.00. The topological polar surface area (TPSA) is 70.7 Å².